The minimum absolute atomic E-state index is 0.142. The molecule has 1 fully saturated rings. The second kappa shape index (κ2) is 4.31. The molecule has 1 saturated carbocycles. The van der Waals surface area contributed by atoms with Crippen molar-refractivity contribution in [2.24, 2.45) is 0 Å². The Hall–Kier alpha value is -0.890. The SMILES string of the molecule is CCNCC1(c2ccc(F)cc2)CCC1. The van der Waals surface area contributed by atoms with Crippen LogP contribution < -0.4 is 5.32 Å². The molecule has 0 heterocycles. The fraction of sp³-hybridized carbons (Fsp3) is 0.538. The quantitative estimate of drug-likeness (QED) is 0.800. The van der Waals surface area contributed by atoms with Gasteiger partial charge in [-0.3, -0.25) is 0 Å². The van der Waals surface area contributed by atoms with Gasteiger partial charge in [0.1, 0.15) is 5.82 Å². The van der Waals surface area contributed by atoms with Crippen LogP contribution in [0.2, 0.25) is 0 Å². The third kappa shape index (κ3) is 2.05. The minimum atomic E-state index is -0.142. The molecule has 1 aliphatic rings. The molecule has 0 bridgehead atoms. The molecular formula is C13H18FN. The van der Waals surface area contributed by atoms with Crippen LogP contribution in [-0.2, 0) is 5.41 Å². The van der Waals surface area contributed by atoms with E-state index in [4.69, 9.17) is 0 Å². The van der Waals surface area contributed by atoms with Gasteiger partial charge in [-0.2, -0.15) is 0 Å². The van der Waals surface area contributed by atoms with Gasteiger partial charge in [0, 0.05) is 12.0 Å². The van der Waals surface area contributed by atoms with Gasteiger partial charge < -0.3 is 5.32 Å². The van der Waals surface area contributed by atoms with Gasteiger partial charge >= 0.3 is 0 Å². The highest BCUT2D eigenvalue weighted by molar-refractivity contribution is 5.29. The lowest BCUT2D eigenvalue weighted by molar-refractivity contribution is 0.235. The molecule has 2 heteroatoms. The maximum atomic E-state index is 12.8. The summed E-state index contributed by atoms with van der Waals surface area (Å²) in [7, 11) is 0. The summed E-state index contributed by atoms with van der Waals surface area (Å²) in [4.78, 5) is 0. The van der Waals surface area contributed by atoms with Crippen LogP contribution in [0.15, 0.2) is 24.3 Å². The van der Waals surface area contributed by atoms with Crippen LogP contribution in [0.3, 0.4) is 0 Å². The molecule has 2 rings (SSSR count). The summed E-state index contributed by atoms with van der Waals surface area (Å²) in [5, 5.41) is 3.41. The first-order valence-electron chi connectivity index (χ1n) is 5.74. The fourth-order valence-electron chi connectivity index (χ4n) is 2.34. The molecule has 1 aliphatic carbocycles. The van der Waals surface area contributed by atoms with Crippen LogP contribution in [0.5, 0.6) is 0 Å². The molecule has 15 heavy (non-hydrogen) atoms. The molecule has 0 unspecified atom stereocenters. The van der Waals surface area contributed by atoms with E-state index in [2.05, 4.69) is 12.2 Å². The van der Waals surface area contributed by atoms with Crippen molar-refractivity contribution in [1.29, 1.82) is 0 Å². The summed E-state index contributed by atoms with van der Waals surface area (Å²) in [5.41, 5.74) is 1.57. The van der Waals surface area contributed by atoms with Gasteiger partial charge in [-0.25, -0.2) is 4.39 Å². The number of likely N-dealkylation sites (N-methyl/N-ethyl adjacent to an activating group) is 1. The highest BCUT2D eigenvalue weighted by atomic mass is 19.1. The van der Waals surface area contributed by atoms with Crippen LogP contribution >= 0.6 is 0 Å². The third-order valence-electron chi connectivity index (χ3n) is 3.48. The van der Waals surface area contributed by atoms with Crippen molar-refractivity contribution in [2.45, 2.75) is 31.6 Å². The lowest BCUT2D eigenvalue weighted by Gasteiger charge is -2.42. The molecule has 0 radical (unpaired) electrons. The number of halogens is 1. The molecule has 0 spiro atoms. The van der Waals surface area contributed by atoms with Gasteiger partial charge in [0.2, 0.25) is 0 Å². The molecule has 0 aromatic heterocycles. The van der Waals surface area contributed by atoms with Gasteiger partial charge in [-0.05, 0) is 37.1 Å². The Kier molecular flexibility index (Phi) is 3.06. The number of rotatable bonds is 4. The number of nitrogens with one attached hydrogen (secondary N) is 1. The zero-order valence-corrected chi connectivity index (χ0v) is 9.22. The van der Waals surface area contributed by atoms with Gasteiger partial charge in [0.15, 0.2) is 0 Å². The zero-order valence-electron chi connectivity index (χ0n) is 9.22. The zero-order chi connectivity index (χ0) is 10.7. The number of hydrogen-bond donors (Lipinski definition) is 1. The molecule has 1 N–H and O–H groups in total. The van der Waals surface area contributed by atoms with Gasteiger partial charge in [-0.1, -0.05) is 25.5 Å². The third-order valence-corrected chi connectivity index (χ3v) is 3.48. The van der Waals surface area contributed by atoms with E-state index < -0.39 is 0 Å². The van der Waals surface area contributed by atoms with Gasteiger partial charge in [-0.15, -0.1) is 0 Å². The van der Waals surface area contributed by atoms with Crippen LogP contribution in [0.1, 0.15) is 31.7 Å². The molecular weight excluding hydrogens is 189 g/mol. The first kappa shape index (κ1) is 10.6. The Balaban J connectivity index is 2.14. The summed E-state index contributed by atoms with van der Waals surface area (Å²) in [6.45, 7) is 4.15. The molecule has 0 amide bonds. The highest BCUT2D eigenvalue weighted by Gasteiger charge is 2.37. The van der Waals surface area contributed by atoms with Crippen molar-refractivity contribution in [3.05, 3.63) is 35.6 Å². The topological polar surface area (TPSA) is 12.0 Å². The Bertz CT molecular complexity index is 314. The van der Waals surface area contributed by atoms with Gasteiger partial charge in [0.25, 0.3) is 0 Å². The summed E-state index contributed by atoms with van der Waals surface area (Å²) in [5.74, 6) is -0.142. The first-order chi connectivity index (χ1) is 7.27. The second-order valence-corrected chi connectivity index (χ2v) is 4.42. The molecule has 0 atom stereocenters. The summed E-state index contributed by atoms with van der Waals surface area (Å²) in [6, 6.07) is 7.01. The van der Waals surface area contributed by atoms with E-state index in [9.17, 15) is 4.39 Å². The van der Waals surface area contributed by atoms with Crippen molar-refractivity contribution >= 4 is 0 Å². The lowest BCUT2D eigenvalue weighted by atomic mass is 9.64. The van der Waals surface area contributed by atoms with Crippen molar-refractivity contribution in [2.75, 3.05) is 13.1 Å². The smallest absolute Gasteiger partial charge is 0.123 e. The van der Waals surface area contributed by atoms with Crippen LogP contribution in [0, 0.1) is 5.82 Å². The van der Waals surface area contributed by atoms with Crippen molar-refractivity contribution in [1.82, 2.24) is 5.32 Å². The van der Waals surface area contributed by atoms with Crippen molar-refractivity contribution < 1.29 is 4.39 Å². The first-order valence-corrected chi connectivity index (χ1v) is 5.74. The molecule has 0 aliphatic heterocycles. The fourth-order valence-corrected chi connectivity index (χ4v) is 2.34. The van der Waals surface area contributed by atoms with Crippen LogP contribution in [0.4, 0.5) is 4.39 Å². The second-order valence-electron chi connectivity index (χ2n) is 4.42. The van der Waals surface area contributed by atoms with Crippen molar-refractivity contribution in [3.63, 3.8) is 0 Å². The maximum Gasteiger partial charge on any atom is 0.123 e. The van der Waals surface area contributed by atoms with E-state index >= 15 is 0 Å². The van der Waals surface area contributed by atoms with E-state index in [0.717, 1.165) is 13.1 Å². The Morgan fingerprint density at radius 2 is 1.93 bits per heavy atom. The molecule has 0 saturated heterocycles. The largest absolute Gasteiger partial charge is 0.316 e. The summed E-state index contributed by atoms with van der Waals surface area (Å²) < 4.78 is 12.8. The standard InChI is InChI=1S/C13H18FN/c1-2-15-10-13(8-3-9-13)11-4-6-12(14)7-5-11/h4-7,15H,2-3,8-10H2,1H3. The van der Waals surface area contributed by atoms with E-state index in [-0.39, 0.29) is 11.2 Å². The highest BCUT2D eigenvalue weighted by Crippen LogP contribution is 2.43. The average molecular weight is 207 g/mol. The number of hydrogen-bond acceptors (Lipinski definition) is 1. The Morgan fingerprint density at radius 3 is 2.40 bits per heavy atom. The lowest BCUT2D eigenvalue weighted by Crippen LogP contribution is -2.43. The predicted molar refractivity (Wildman–Crippen MR) is 60.5 cm³/mol. The van der Waals surface area contributed by atoms with Crippen LogP contribution in [0.25, 0.3) is 0 Å². The minimum Gasteiger partial charge on any atom is -0.316 e. The summed E-state index contributed by atoms with van der Waals surface area (Å²) >= 11 is 0. The van der Waals surface area contributed by atoms with E-state index in [0.29, 0.717) is 0 Å². The maximum absolute atomic E-state index is 12.8. The van der Waals surface area contributed by atoms with Crippen LogP contribution in [-0.4, -0.2) is 13.1 Å². The Labute approximate surface area is 90.7 Å². The molecule has 1 aromatic rings. The van der Waals surface area contributed by atoms with Gasteiger partial charge in [0.05, 0.1) is 0 Å². The average Bonchev–Trinajstić information content (AvgIpc) is 2.19. The normalized spacial score (nSPS) is 18.5. The van der Waals surface area contributed by atoms with E-state index in [1.54, 1.807) is 12.1 Å². The predicted octanol–water partition coefficient (Wildman–Crippen LogP) is 2.86. The van der Waals surface area contributed by atoms with E-state index in [1.807, 2.05) is 12.1 Å². The molecule has 82 valence electrons. The van der Waals surface area contributed by atoms with E-state index in [1.165, 1.54) is 24.8 Å². The Morgan fingerprint density at radius 1 is 1.27 bits per heavy atom. The molecule has 1 nitrogen and oxygen atoms in total. The monoisotopic (exact) mass is 207 g/mol. The molecule has 1 aromatic carbocycles. The number of benzene rings is 1. The van der Waals surface area contributed by atoms with Crippen molar-refractivity contribution in [3.8, 4) is 0 Å². The summed E-state index contributed by atoms with van der Waals surface area (Å²) in [6.07, 6.45) is 3.75.